The van der Waals surface area contributed by atoms with Gasteiger partial charge in [-0.25, -0.2) is 9.97 Å². The van der Waals surface area contributed by atoms with Crippen LogP contribution in [0.1, 0.15) is 65.1 Å². The Balaban J connectivity index is 1.32. The van der Waals surface area contributed by atoms with Crippen molar-refractivity contribution in [1.29, 1.82) is 0 Å². The number of fused-ring (bicyclic) bond motifs is 1. The van der Waals surface area contributed by atoms with Crippen molar-refractivity contribution in [3.05, 3.63) is 30.2 Å². The van der Waals surface area contributed by atoms with Gasteiger partial charge >= 0.3 is 5.97 Å². The van der Waals surface area contributed by atoms with Crippen LogP contribution in [0.4, 0.5) is 0 Å². The lowest BCUT2D eigenvalue weighted by molar-refractivity contribution is -0.147. The number of piperidine rings is 1. The number of hydrogen-bond acceptors (Lipinski definition) is 6. The second-order valence-electron chi connectivity index (χ2n) is 10.5. The summed E-state index contributed by atoms with van der Waals surface area (Å²) in [5.41, 5.74) is 1.34. The van der Waals surface area contributed by atoms with Gasteiger partial charge in [0.15, 0.2) is 0 Å². The van der Waals surface area contributed by atoms with Crippen LogP contribution < -0.4 is 4.74 Å². The van der Waals surface area contributed by atoms with Crippen molar-refractivity contribution in [3.63, 3.8) is 0 Å². The molecule has 1 saturated heterocycles. The van der Waals surface area contributed by atoms with Crippen LogP contribution in [-0.2, 0) is 16.1 Å². The lowest BCUT2D eigenvalue weighted by atomic mass is 9.72. The predicted molar refractivity (Wildman–Crippen MR) is 125 cm³/mol. The number of carbonyl (C=O) groups is 1. The SMILES string of the molecule is COC(=O)C1CCN(Cc2ncc3cc(OC4CCC(C(C)(C)C)CC4)ccc3n2)CC1. The van der Waals surface area contributed by atoms with E-state index in [-0.39, 0.29) is 11.9 Å². The second-order valence-corrected chi connectivity index (χ2v) is 10.5. The van der Waals surface area contributed by atoms with E-state index in [1.807, 2.05) is 18.3 Å². The Morgan fingerprint density at radius 1 is 1.09 bits per heavy atom. The Labute approximate surface area is 191 Å². The largest absolute Gasteiger partial charge is 0.490 e. The third-order valence-corrected chi connectivity index (χ3v) is 7.29. The van der Waals surface area contributed by atoms with Gasteiger partial charge in [0.05, 0.1) is 31.2 Å². The van der Waals surface area contributed by atoms with E-state index in [4.69, 9.17) is 14.5 Å². The highest BCUT2D eigenvalue weighted by atomic mass is 16.5. The topological polar surface area (TPSA) is 64.5 Å². The summed E-state index contributed by atoms with van der Waals surface area (Å²) in [6, 6.07) is 6.15. The molecule has 6 nitrogen and oxygen atoms in total. The van der Waals surface area contributed by atoms with Gasteiger partial charge in [-0.3, -0.25) is 9.69 Å². The highest BCUT2D eigenvalue weighted by Crippen LogP contribution is 2.38. The van der Waals surface area contributed by atoms with Gasteiger partial charge in [0.1, 0.15) is 11.6 Å². The maximum absolute atomic E-state index is 11.7. The lowest BCUT2D eigenvalue weighted by Gasteiger charge is -2.36. The van der Waals surface area contributed by atoms with E-state index >= 15 is 0 Å². The summed E-state index contributed by atoms with van der Waals surface area (Å²) >= 11 is 0. The van der Waals surface area contributed by atoms with E-state index in [0.29, 0.717) is 18.1 Å². The molecule has 1 aliphatic carbocycles. The van der Waals surface area contributed by atoms with E-state index < -0.39 is 0 Å². The maximum Gasteiger partial charge on any atom is 0.308 e. The van der Waals surface area contributed by atoms with E-state index in [9.17, 15) is 4.79 Å². The van der Waals surface area contributed by atoms with E-state index in [1.54, 1.807) is 0 Å². The molecule has 1 aliphatic heterocycles. The summed E-state index contributed by atoms with van der Waals surface area (Å²) in [7, 11) is 1.46. The second kappa shape index (κ2) is 9.74. The smallest absolute Gasteiger partial charge is 0.308 e. The molecule has 1 saturated carbocycles. The number of likely N-dealkylation sites (tertiary alicyclic amines) is 1. The Hall–Kier alpha value is -2.21. The molecule has 4 rings (SSSR count). The van der Waals surface area contributed by atoms with Crippen molar-refractivity contribution in [1.82, 2.24) is 14.9 Å². The van der Waals surface area contributed by atoms with Gasteiger partial charge in [-0.05, 0) is 81.1 Å². The fourth-order valence-electron chi connectivity index (χ4n) is 5.13. The first kappa shape index (κ1) is 23.0. The standard InChI is InChI=1S/C26H37N3O3/c1-26(2,3)20-5-7-21(8-6-20)32-22-9-10-23-19(15-22)16-27-24(28-23)17-29-13-11-18(12-14-29)25(30)31-4/h9-10,15-16,18,20-21H,5-8,11-14,17H2,1-4H3. The van der Waals surface area contributed by atoms with Crippen LogP contribution in [0.25, 0.3) is 10.9 Å². The number of hydrogen-bond donors (Lipinski definition) is 0. The fraction of sp³-hybridized carbons (Fsp3) is 0.654. The molecular weight excluding hydrogens is 402 g/mol. The van der Waals surface area contributed by atoms with Crippen LogP contribution >= 0.6 is 0 Å². The number of benzene rings is 1. The maximum atomic E-state index is 11.7. The molecule has 174 valence electrons. The minimum atomic E-state index is -0.0909. The minimum Gasteiger partial charge on any atom is -0.490 e. The summed E-state index contributed by atoms with van der Waals surface area (Å²) in [4.78, 5) is 23.4. The van der Waals surface area contributed by atoms with Gasteiger partial charge in [0.2, 0.25) is 0 Å². The van der Waals surface area contributed by atoms with Crippen molar-refractivity contribution < 1.29 is 14.3 Å². The first-order chi connectivity index (χ1) is 15.3. The van der Waals surface area contributed by atoms with Crippen molar-refractivity contribution in [2.75, 3.05) is 20.2 Å². The Morgan fingerprint density at radius 3 is 2.47 bits per heavy atom. The summed E-state index contributed by atoms with van der Waals surface area (Å²) in [5.74, 6) is 2.46. The highest BCUT2D eigenvalue weighted by Gasteiger charge is 2.30. The van der Waals surface area contributed by atoms with Gasteiger partial charge in [-0.15, -0.1) is 0 Å². The number of carbonyl (C=O) groups excluding carboxylic acids is 1. The Bertz CT molecular complexity index is 924. The van der Waals surface area contributed by atoms with Gasteiger partial charge in [-0.2, -0.15) is 0 Å². The summed E-state index contributed by atoms with van der Waals surface area (Å²) < 4.78 is 11.2. The molecule has 0 atom stereocenters. The van der Waals surface area contributed by atoms with E-state index in [1.165, 1.54) is 20.0 Å². The van der Waals surface area contributed by atoms with Crippen LogP contribution in [0.5, 0.6) is 5.75 Å². The van der Waals surface area contributed by atoms with Crippen LogP contribution in [0.15, 0.2) is 24.4 Å². The molecule has 0 unspecified atom stereocenters. The van der Waals surface area contributed by atoms with E-state index in [2.05, 4.69) is 36.7 Å². The molecule has 0 N–H and O–H groups in total. The molecule has 1 aromatic heterocycles. The van der Waals surface area contributed by atoms with Crippen molar-refractivity contribution >= 4 is 16.9 Å². The number of aromatic nitrogens is 2. The average molecular weight is 440 g/mol. The third-order valence-electron chi connectivity index (χ3n) is 7.29. The number of nitrogens with zero attached hydrogens (tertiary/aromatic N) is 3. The molecule has 0 spiro atoms. The molecule has 2 aliphatic rings. The predicted octanol–water partition coefficient (Wildman–Crippen LogP) is 5.00. The van der Waals surface area contributed by atoms with Crippen molar-refractivity contribution in [2.45, 2.75) is 71.9 Å². The van der Waals surface area contributed by atoms with Crippen LogP contribution in [0, 0.1) is 17.3 Å². The van der Waals surface area contributed by atoms with Crippen LogP contribution in [0.3, 0.4) is 0 Å². The quantitative estimate of drug-likeness (QED) is 0.611. The molecule has 2 heterocycles. The molecule has 2 aromatic rings. The van der Waals surface area contributed by atoms with Gasteiger partial charge in [-0.1, -0.05) is 20.8 Å². The molecular formula is C26H37N3O3. The number of rotatable bonds is 5. The van der Waals surface area contributed by atoms with Crippen LogP contribution in [-0.4, -0.2) is 47.1 Å². The molecule has 32 heavy (non-hydrogen) atoms. The van der Waals surface area contributed by atoms with Gasteiger partial charge < -0.3 is 9.47 Å². The molecule has 0 bridgehead atoms. The molecule has 6 heteroatoms. The lowest BCUT2D eigenvalue weighted by Crippen LogP contribution is -2.36. The normalized spacial score (nSPS) is 23.2. The summed E-state index contributed by atoms with van der Waals surface area (Å²) in [6.07, 6.45) is 8.61. The monoisotopic (exact) mass is 439 g/mol. The van der Waals surface area contributed by atoms with E-state index in [0.717, 1.165) is 67.2 Å². The molecule has 0 radical (unpaired) electrons. The van der Waals surface area contributed by atoms with Gasteiger partial charge in [0, 0.05) is 11.6 Å². The zero-order chi connectivity index (χ0) is 22.7. The Kier molecular flexibility index (Phi) is 6.99. The third kappa shape index (κ3) is 5.58. The molecule has 0 amide bonds. The zero-order valence-corrected chi connectivity index (χ0v) is 20.0. The van der Waals surface area contributed by atoms with Crippen molar-refractivity contribution in [3.8, 4) is 5.75 Å². The summed E-state index contributed by atoms with van der Waals surface area (Å²) in [5, 5.41) is 1.01. The average Bonchev–Trinajstić information content (AvgIpc) is 2.79. The number of ether oxygens (including phenoxy) is 2. The first-order valence-electron chi connectivity index (χ1n) is 12.0. The van der Waals surface area contributed by atoms with Crippen LogP contribution in [0.2, 0.25) is 0 Å². The summed E-state index contributed by atoms with van der Waals surface area (Å²) in [6.45, 7) is 9.48. The van der Waals surface area contributed by atoms with Gasteiger partial charge in [0.25, 0.3) is 0 Å². The number of esters is 1. The highest BCUT2D eigenvalue weighted by molar-refractivity contribution is 5.79. The Morgan fingerprint density at radius 2 is 1.81 bits per heavy atom. The first-order valence-corrected chi connectivity index (χ1v) is 12.0. The fourth-order valence-corrected chi connectivity index (χ4v) is 5.13. The molecule has 1 aromatic carbocycles. The zero-order valence-electron chi connectivity index (χ0n) is 20.0. The minimum absolute atomic E-state index is 0.0238. The number of methoxy groups -OCH3 is 1. The molecule has 2 fully saturated rings. The van der Waals surface area contributed by atoms with Crippen molar-refractivity contribution in [2.24, 2.45) is 17.3 Å².